The Morgan fingerprint density at radius 2 is 1.77 bits per heavy atom. The average molecular weight is 437 g/mol. The molecule has 0 aliphatic heterocycles. The third-order valence-corrected chi connectivity index (χ3v) is 6.12. The molecule has 0 saturated heterocycles. The maximum absolute atomic E-state index is 12.4. The quantitative estimate of drug-likeness (QED) is 0.574. The molecule has 1 aromatic heterocycles. The van der Waals surface area contributed by atoms with E-state index >= 15 is 0 Å². The van der Waals surface area contributed by atoms with E-state index in [1.165, 1.54) is 24.2 Å². The first-order chi connectivity index (χ1) is 15.1. The molecule has 2 N–H and O–H groups in total. The maximum atomic E-state index is 12.4. The lowest BCUT2D eigenvalue weighted by atomic mass is 10.1. The maximum Gasteiger partial charge on any atom is 0.286 e. The molecule has 1 aliphatic rings. The lowest BCUT2D eigenvalue weighted by Gasteiger charge is -2.12. The molecule has 0 unspecified atom stereocenters. The van der Waals surface area contributed by atoms with E-state index in [1.807, 2.05) is 31.2 Å². The van der Waals surface area contributed by atoms with E-state index in [-0.39, 0.29) is 29.5 Å². The standard InChI is InChI=1S/C23H24N4O3S/c1-15-6-2-5-9-19(15)25-22(29)23-27-26-20(31-23)14-30-18-12-10-16(11-13-18)21(28)24-17-7-3-4-8-17/h2,5-6,9-13,17H,3-4,7-8,14H2,1H3,(H,24,28)(H,25,29). The highest BCUT2D eigenvalue weighted by molar-refractivity contribution is 7.13. The number of aryl methyl sites for hydroxylation is 1. The summed E-state index contributed by atoms with van der Waals surface area (Å²) in [6, 6.07) is 14.9. The summed E-state index contributed by atoms with van der Waals surface area (Å²) in [6.45, 7) is 2.13. The predicted octanol–water partition coefficient (Wildman–Crippen LogP) is 4.35. The number of hydrogen-bond donors (Lipinski definition) is 2. The van der Waals surface area contributed by atoms with Crippen LogP contribution in [0.3, 0.4) is 0 Å². The minimum absolute atomic E-state index is 0.0492. The van der Waals surface area contributed by atoms with Gasteiger partial charge in [-0.2, -0.15) is 0 Å². The number of nitrogens with one attached hydrogen (secondary N) is 2. The van der Waals surface area contributed by atoms with Crippen LogP contribution < -0.4 is 15.4 Å². The number of hydrogen-bond acceptors (Lipinski definition) is 6. The monoisotopic (exact) mass is 436 g/mol. The van der Waals surface area contributed by atoms with Crippen molar-refractivity contribution < 1.29 is 14.3 Å². The summed E-state index contributed by atoms with van der Waals surface area (Å²) >= 11 is 1.19. The van der Waals surface area contributed by atoms with Crippen LogP contribution in [-0.2, 0) is 6.61 Å². The molecular weight excluding hydrogens is 412 g/mol. The molecule has 2 aromatic carbocycles. The Bertz CT molecular complexity index is 1060. The van der Waals surface area contributed by atoms with E-state index in [9.17, 15) is 9.59 Å². The molecule has 31 heavy (non-hydrogen) atoms. The van der Waals surface area contributed by atoms with Crippen molar-refractivity contribution in [3.63, 3.8) is 0 Å². The Hall–Kier alpha value is -3.26. The average Bonchev–Trinajstić information content (AvgIpc) is 3.46. The summed E-state index contributed by atoms with van der Waals surface area (Å²) in [7, 11) is 0. The number of carbonyl (C=O) groups excluding carboxylic acids is 2. The summed E-state index contributed by atoms with van der Waals surface area (Å²) in [6.07, 6.45) is 4.47. The van der Waals surface area contributed by atoms with Gasteiger partial charge in [-0.3, -0.25) is 9.59 Å². The number of para-hydroxylation sites is 1. The minimum atomic E-state index is -0.296. The van der Waals surface area contributed by atoms with Gasteiger partial charge in [0.05, 0.1) is 0 Å². The first-order valence-corrected chi connectivity index (χ1v) is 11.1. The molecule has 8 heteroatoms. The number of ether oxygens (including phenoxy) is 1. The van der Waals surface area contributed by atoms with Gasteiger partial charge in [-0.15, -0.1) is 10.2 Å². The van der Waals surface area contributed by atoms with Crippen molar-refractivity contribution in [1.29, 1.82) is 0 Å². The van der Waals surface area contributed by atoms with Crippen LogP contribution in [0.15, 0.2) is 48.5 Å². The SMILES string of the molecule is Cc1ccccc1NC(=O)c1nnc(COc2ccc(C(=O)NC3CCCC3)cc2)s1. The molecule has 1 fully saturated rings. The number of amides is 2. The Labute approximate surface area is 184 Å². The van der Waals surface area contributed by atoms with Crippen molar-refractivity contribution in [2.45, 2.75) is 45.3 Å². The summed E-state index contributed by atoms with van der Waals surface area (Å²) in [5.74, 6) is 0.279. The van der Waals surface area contributed by atoms with Crippen LogP contribution in [0.4, 0.5) is 5.69 Å². The van der Waals surface area contributed by atoms with Crippen molar-refractivity contribution >= 4 is 28.8 Å². The molecular formula is C23H24N4O3S. The molecule has 7 nitrogen and oxygen atoms in total. The second-order valence-electron chi connectivity index (χ2n) is 7.54. The van der Waals surface area contributed by atoms with Gasteiger partial charge in [0.15, 0.2) is 5.01 Å². The largest absolute Gasteiger partial charge is 0.486 e. The Morgan fingerprint density at radius 1 is 1.03 bits per heavy atom. The molecule has 4 rings (SSSR count). The van der Waals surface area contributed by atoms with Gasteiger partial charge in [-0.05, 0) is 55.7 Å². The second kappa shape index (κ2) is 9.70. The first-order valence-electron chi connectivity index (χ1n) is 10.3. The van der Waals surface area contributed by atoms with Crippen LogP contribution in [0.5, 0.6) is 5.75 Å². The molecule has 3 aromatic rings. The van der Waals surface area contributed by atoms with Gasteiger partial charge >= 0.3 is 0 Å². The fraction of sp³-hybridized carbons (Fsp3) is 0.304. The van der Waals surface area contributed by atoms with E-state index < -0.39 is 0 Å². The summed E-state index contributed by atoms with van der Waals surface area (Å²) < 4.78 is 5.74. The van der Waals surface area contributed by atoms with Crippen molar-refractivity contribution in [2.75, 3.05) is 5.32 Å². The highest BCUT2D eigenvalue weighted by Crippen LogP contribution is 2.20. The van der Waals surface area contributed by atoms with Crippen LogP contribution in [0.1, 0.15) is 56.4 Å². The van der Waals surface area contributed by atoms with Crippen LogP contribution in [0.2, 0.25) is 0 Å². The highest BCUT2D eigenvalue weighted by Gasteiger charge is 2.18. The fourth-order valence-electron chi connectivity index (χ4n) is 3.48. The molecule has 0 radical (unpaired) electrons. The van der Waals surface area contributed by atoms with Crippen LogP contribution in [-0.4, -0.2) is 28.1 Å². The van der Waals surface area contributed by atoms with Gasteiger partial charge in [0.1, 0.15) is 12.4 Å². The molecule has 0 atom stereocenters. The van der Waals surface area contributed by atoms with Crippen molar-refractivity contribution in [2.24, 2.45) is 0 Å². The number of aromatic nitrogens is 2. The number of carbonyl (C=O) groups is 2. The lowest BCUT2D eigenvalue weighted by Crippen LogP contribution is -2.32. The van der Waals surface area contributed by atoms with Crippen LogP contribution in [0.25, 0.3) is 0 Å². The van der Waals surface area contributed by atoms with Crippen LogP contribution >= 0.6 is 11.3 Å². The Morgan fingerprint density at radius 3 is 2.52 bits per heavy atom. The van der Waals surface area contributed by atoms with Gasteiger partial charge in [0, 0.05) is 17.3 Å². The predicted molar refractivity (Wildman–Crippen MR) is 120 cm³/mol. The molecule has 160 valence electrons. The lowest BCUT2D eigenvalue weighted by molar-refractivity contribution is 0.0937. The molecule has 2 amide bonds. The minimum Gasteiger partial charge on any atom is -0.486 e. The number of rotatable bonds is 7. The molecule has 1 aliphatic carbocycles. The Balaban J connectivity index is 1.29. The smallest absolute Gasteiger partial charge is 0.286 e. The van der Waals surface area contributed by atoms with Crippen LogP contribution in [0, 0.1) is 6.92 Å². The van der Waals surface area contributed by atoms with Gasteiger partial charge in [-0.25, -0.2) is 0 Å². The zero-order valence-corrected chi connectivity index (χ0v) is 18.1. The van der Waals surface area contributed by atoms with E-state index in [0.717, 1.165) is 24.1 Å². The topological polar surface area (TPSA) is 93.2 Å². The van der Waals surface area contributed by atoms with Crippen molar-refractivity contribution in [1.82, 2.24) is 15.5 Å². The van der Waals surface area contributed by atoms with Gasteiger partial charge in [0.25, 0.3) is 11.8 Å². The summed E-state index contributed by atoms with van der Waals surface area (Å²) in [5, 5.41) is 14.8. The third-order valence-electron chi connectivity index (χ3n) is 5.22. The van der Waals surface area contributed by atoms with Crippen molar-refractivity contribution in [3.8, 4) is 5.75 Å². The molecule has 0 bridgehead atoms. The number of nitrogens with zero attached hydrogens (tertiary/aromatic N) is 2. The van der Waals surface area contributed by atoms with E-state index in [0.29, 0.717) is 16.3 Å². The van der Waals surface area contributed by atoms with E-state index in [2.05, 4.69) is 20.8 Å². The highest BCUT2D eigenvalue weighted by atomic mass is 32.1. The fourth-order valence-corrected chi connectivity index (χ4v) is 4.13. The zero-order valence-electron chi connectivity index (χ0n) is 17.3. The van der Waals surface area contributed by atoms with Gasteiger partial charge in [-0.1, -0.05) is 42.4 Å². The molecule has 1 heterocycles. The summed E-state index contributed by atoms with van der Waals surface area (Å²) in [4.78, 5) is 24.7. The first kappa shape index (κ1) is 21.0. The third kappa shape index (κ3) is 5.46. The van der Waals surface area contributed by atoms with Gasteiger partial charge in [0.2, 0.25) is 5.01 Å². The normalized spacial score (nSPS) is 13.7. The van der Waals surface area contributed by atoms with Crippen molar-refractivity contribution in [3.05, 3.63) is 69.7 Å². The molecule has 1 saturated carbocycles. The molecule has 0 spiro atoms. The Kier molecular flexibility index (Phi) is 6.57. The van der Waals surface area contributed by atoms with E-state index in [1.54, 1.807) is 24.3 Å². The van der Waals surface area contributed by atoms with E-state index in [4.69, 9.17) is 4.74 Å². The zero-order chi connectivity index (χ0) is 21.6. The number of benzene rings is 2. The second-order valence-corrected chi connectivity index (χ2v) is 8.60. The van der Waals surface area contributed by atoms with Gasteiger partial charge < -0.3 is 15.4 Å². The number of anilines is 1. The summed E-state index contributed by atoms with van der Waals surface area (Å²) in [5.41, 5.74) is 2.34.